The highest BCUT2D eigenvalue weighted by Crippen LogP contribution is 2.27. The molecule has 1 N–H and O–H groups in total. The summed E-state index contributed by atoms with van der Waals surface area (Å²) in [7, 11) is 2.01. The van der Waals surface area contributed by atoms with Crippen LogP contribution >= 0.6 is 0 Å². The van der Waals surface area contributed by atoms with Gasteiger partial charge in [0.15, 0.2) is 17.7 Å². The van der Waals surface area contributed by atoms with E-state index in [9.17, 15) is 9.90 Å². The summed E-state index contributed by atoms with van der Waals surface area (Å²) in [6.07, 6.45) is 5.93. The first-order valence-electron chi connectivity index (χ1n) is 7.18. The highest BCUT2D eigenvalue weighted by Gasteiger charge is 2.07. The van der Waals surface area contributed by atoms with Crippen molar-refractivity contribution in [2.75, 3.05) is 0 Å². The molecule has 0 aliphatic carbocycles. The van der Waals surface area contributed by atoms with E-state index in [1.165, 1.54) is 6.07 Å². The predicted molar refractivity (Wildman–Crippen MR) is 88.9 cm³/mol. The van der Waals surface area contributed by atoms with Crippen molar-refractivity contribution in [1.82, 2.24) is 0 Å². The third kappa shape index (κ3) is 3.06. The van der Waals surface area contributed by atoms with Crippen LogP contribution in [0.4, 0.5) is 0 Å². The summed E-state index contributed by atoms with van der Waals surface area (Å²) in [6, 6.07) is 15.1. The number of pyridine rings is 1. The number of nitrogens with zero attached hydrogens (tertiary/aromatic N) is 1. The molecule has 0 aliphatic heterocycles. The van der Waals surface area contributed by atoms with Crippen molar-refractivity contribution in [2.45, 2.75) is 0 Å². The predicted octanol–water partition coefficient (Wildman–Crippen LogP) is 3.08. The normalized spacial score (nSPS) is 11.0. The number of hydrogen-bond acceptors (Lipinski definition) is 3. The van der Waals surface area contributed by atoms with Gasteiger partial charge >= 0.3 is 0 Å². The van der Waals surface area contributed by atoms with Gasteiger partial charge in [0.2, 0.25) is 5.52 Å². The van der Waals surface area contributed by atoms with Crippen LogP contribution < -0.4 is 9.30 Å². The SMILES string of the molecule is C[n+]1ccc(/C=C/c2ccc(O)c(OC=O)c2)c2ccccc21. The molecular formula is C19H16NO3+. The van der Waals surface area contributed by atoms with E-state index in [4.69, 9.17) is 4.74 Å². The molecule has 1 heterocycles. The Labute approximate surface area is 133 Å². The number of fused-ring (bicyclic) bond motifs is 1. The van der Waals surface area contributed by atoms with Crippen LogP contribution in [0.15, 0.2) is 54.7 Å². The van der Waals surface area contributed by atoms with E-state index in [1.54, 1.807) is 12.1 Å². The van der Waals surface area contributed by atoms with Gasteiger partial charge in [-0.2, -0.15) is 0 Å². The van der Waals surface area contributed by atoms with E-state index < -0.39 is 0 Å². The van der Waals surface area contributed by atoms with E-state index in [2.05, 4.69) is 16.7 Å². The zero-order valence-electron chi connectivity index (χ0n) is 12.6. The molecule has 0 bridgehead atoms. The van der Waals surface area contributed by atoms with Gasteiger partial charge in [0.05, 0.1) is 5.39 Å². The number of aromatic nitrogens is 1. The van der Waals surface area contributed by atoms with E-state index >= 15 is 0 Å². The minimum absolute atomic E-state index is 0.0635. The first-order chi connectivity index (χ1) is 11.2. The second kappa shape index (κ2) is 6.32. The van der Waals surface area contributed by atoms with Crippen molar-refractivity contribution >= 4 is 29.5 Å². The summed E-state index contributed by atoms with van der Waals surface area (Å²) in [4.78, 5) is 10.4. The molecule has 2 aromatic carbocycles. The maximum absolute atomic E-state index is 10.4. The fraction of sp³-hybridized carbons (Fsp3) is 0.0526. The third-order valence-electron chi connectivity index (χ3n) is 3.69. The molecular weight excluding hydrogens is 290 g/mol. The second-order valence-corrected chi connectivity index (χ2v) is 5.17. The van der Waals surface area contributed by atoms with Crippen LogP contribution in [0, 0.1) is 0 Å². The molecule has 0 saturated carbocycles. The fourth-order valence-corrected chi connectivity index (χ4v) is 2.50. The molecule has 0 radical (unpaired) electrons. The standard InChI is InChI=1S/C19H15NO3/c1-20-11-10-15(16-4-2-3-5-17(16)20)8-6-14-7-9-18(22)19(12-14)23-13-21/h2-13H,1H3/p+1. The molecule has 0 fully saturated rings. The van der Waals surface area contributed by atoms with E-state index in [0.717, 1.165) is 22.0 Å². The minimum atomic E-state index is -0.0635. The summed E-state index contributed by atoms with van der Waals surface area (Å²) >= 11 is 0. The van der Waals surface area contributed by atoms with E-state index in [1.807, 2.05) is 43.6 Å². The Hall–Kier alpha value is -3.14. The Morgan fingerprint density at radius 1 is 1.09 bits per heavy atom. The van der Waals surface area contributed by atoms with Crippen LogP contribution in [0.2, 0.25) is 0 Å². The molecule has 0 unspecified atom stereocenters. The van der Waals surface area contributed by atoms with Gasteiger partial charge in [-0.1, -0.05) is 30.4 Å². The van der Waals surface area contributed by atoms with Crippen LogP contribution in [0.1, 0.15) is 11.1 Å². The van der Waals surface area contributed by atoms with Crippen molar-refractivity contribution in [1.29, 1.82) is 0 Å². The van der Waals surface area contributed by atoms with Gasteiger partial charge in [-0.15, -0.1) is 0 Å². The molecule has 0 atom stereocenters. The van der Waals surface area contributed by atoms with Gasteiger partial charge in [0, 0.05) is 12.1 Å². The summed E-state index contributed by atoms with van der Waals surface area (Å²) in [6.45, 7) is 0.299. The highest BCUT2D eigenvalue weighted by molar-refractivity contribution is 5.88. The molecule has 3 rings (SSSR count). The number of benzene rings is 2. The number of carbonyl (C=O) groups excluding carboxylic acids is 1. The van der Waals surface area contributed by atoms with Crippen LogP contribution in [-0.4, -0.2) is 11.6 Å². The smallest absolute Gasteiger partial charge is 0.298 e. The van der Waals surface area contributed by atoms with Crippen molar-refractivity contribution < 1.29 is 19.2 Å². The Morgan fingerprint density at radius 2 is 1.91 bits per heavy atom. The van der Waals surface area contributed by atoms with Crippen LogP contribution in [0.3, 0.4) is 0 Å². The van der Waals surface area contributed by atoms with Crippen molar-refractivity contribution in [3.63, 3.8) is 0 Å². The molecule has 0 amide bonds. The molecule has 1 aromatic heterocycles. The van der Waals surface area contributed by atoms with Crippen LogP contribution in [0.25, 0.3) is 23.1 Å². The number of carbonyl (C=O) groups is 1. The number of para-hydroxylation sites is 1. The van der Waals surface area contributed by atoms with Gasteiger partial charge < -0.3 is 9.84 Å². The maximum Gasteiger partial charge on any atom is 0.298 e. The van der Waals surface area contributed by atoms with Crippen molar-refractivity contribution in [3.05, 3.63) is 65.9 Å². The van der Waals surface area contributed by atoms with Crippen LogP contribution in [-0.2, 0) is 11.8 Å². The molecule has 0 aliphatic rings. The quantitative estimate of drug-likeness (QED) is 0.595. The lowest BCUT2D eigenvalue weighted by molar-refractivity contribution is -0.644. The number of phenols is 1. The van der Waals surface area contributed by atoms with E-state index in [-0.39, 0.29) is 11.5 Å². The first-order valence-corrected chi connectivity index (χ1v) is 7.18. The van der Waals surface area contributed by atoms with Gasteiger partial charge in [-0.3, -0.25) is 4.79 Å². The Morgan fingerprint density at radius 3 is 2.74 bits per heavy atom. The number of phenolic OH excluding ortho intramolecular Hbond substituents is 1. The number of aryl methyl sites for hydroxylation is 1. The summed E-state index contributed by atoms with van der Waals surface area (Å²) < 4.78 is 6.82. The highest BCUT2D eigenvalue weighted by atomic mass is 16.5. The zero-order valence-corrected chi connectivity index (χ0v) is 12.6. The van der Waals surface area contributed by atoms with Gasteiger partial charge in [-0.25, -0.2) is 4.57 Å². The summed E-state index contributed by atoms with van der Waals surface area (Å²) in [5, 5.41) is 10.8. The average molecular weight is 306 g/mol. The average Bonchev–Trinajstić information content (AvgIpc) is 2.57. The number of aromatic hydroxyl groups is 1. The zero-order chi connectivity index (χ0) is 16.2. The van der Waals surface area contributed by atoms with Crippen molar-refractivity contribution in [3.8, 4) is 11.5 Å². The lowest BCUT2D eigenvalue weighted by Crippen LogP contribution is -2.28. The number of ether oxygens (including phenoxy) is 1. The van der Waals surface area contributed by atoms with Gasteiger partial charge in [0.25, 0.3) is 6.47 Å². The Balaban J connectivity index is 1.99. The minimum Gasteiger partial charge on any atom is -0.504 e. The van der Waals surface area contributed by atoms with E-state index in [0.29, 0.717) is 6.47 Å². The summed E-state index contributed by atoms with van der Waals surface area (Å²) in [5.41, 5.74) is 3.06. The largest absolute Gasteiger partial charge is 0.504 e. The van der Waals surface area contributed by atoms with Crippen molar-refractivity contribution in [2.24, 2.45) is 7.05 Å². The summed E-state index contributed by atoms with van der Waals surface area (Å²) in [5.74, 6) is 0.0814. The maximum atomic E-state index is 10.4. The molecule has 4 nitrogen and oxygen atoms in total. The third-order valence-corrected chi connectivity index (χ3v) is 3.69. The molecule has 4 heteroatoms. The molecule has 3 aromatic rings. The van der Waals surface area contributed by atoms with Crippen LogP contribution in [0.5, 0.6) is 11.5 Å². The Bertz CT molecular complexity index is 900. The Kier molecular flexibility index (Phi) is 4.06. The number of rotatable bonds is 4. The monoisotopic (exact) mass is 306 g/mol. The fourth-order valence-electron chi connectivity index (χ4n) is 2.50. The molecule has 0 spiro atoms. The lowest BCUT2D eigenvalue weighted by Gasteiger charge is -2.03. The van der Waals surface area contributed by atoms with Gasteiger partial charge in [-0.05, 0) is 29.3 Å². The topological polar surface area (TPSA) is 50.4 Å². The molecule has 114 valence electrons. The lowest BCUT2D eigenvalue weighted by atomic mass is 10.1. The van der Waals surface area contributed by atoms with Gasteiger partial charge in [0.1, 0.15) is 7.05 Å². The molecule has 23 heavy (non-hydrogen) atoms. The second-order valence-electron chi connectivity index (χ2n) is 5.17. The number of hydrogen-bond donors (Lipinski definition) is 1. The molecule has 0 saturated heterocycles. The first kappa shape index (κ1) is 14.8.